The van der Waals surface area contributed by atoms with E-state index in [1.54, 1.807) is 27.8 Å². The lowest BCUT2D eigenvalue weighted by Crippen LogP contribution is -2.34. The van der Waals surface area contributed by atoms with Crippen LogP contribution in [0.3, 0.4) is 0 Å². The molecule has 0 fully saturated rings. The van der Waals surface area contributed by atoms with Crippen LogP contribution in [0.1, 0.15) is 26.5 Å². The van der Waals surface area contributed by atoms with Crippen molar-refractivity contribution in [1.82, 2.24) is 14.9 Å². The monoisotopic (exact) mass is 254 g/mol. The second-order valence-corrected chi connectivity index (χ2v) is 4.96. The normalized spacial score (nSPS) is 11.1. The molecule has 0 atom stereocenters. The molecular formula is C11H18N4O3. The van der Waals surface area contributed by atoms with Crippen LogP contribution in [0, 0.1) is 0 Å². The molecule has 1 heterocycles. The molecule has 0 aliphatic rings. The van der Waals surface area contributed by atoms with Gasteiger partial charge < -0.3 is 15.4 Å². The van der Waals surface area contributed by atoms with Crippen molar-refractivity contribution < 1.29 is 9.53 Å². The smallest absolute Gasteiger partial charge is 0.410 e. The van der Waals surface area contributed by atoms with Gasteiger partial charge in [0.25, 0.3) is 5.56 Å². The topological polar surface area (TPSA) is 101 Å². The number of aromatic nitrogens is 2. The molecule has 3 N–H and O–H groups in total. The first-order valence-electron chi connectivity index (χ1n) is 5.47. The number of nitrogen functional groups attached to an aromatic ring is 1. The number of nitrogens with one attached hydrogen (secondary N) is 1. The van der Waals surface area contributed by atoms with Gasteiger partial charge in [-0.1, -0.05) is 0 Å². The Balaban J connectivity index is 2.72. The number of nitrogens with two attached hydrogens (primary N) is 1. The maximum absolute atomic E-state index is 11.7. The molecule has 1 aromatic rings. The molecule has 0 bridgehead atoms. The van der Waals surface area contributed by atoms with Crippen molar-refractivity contribution in [2.45, 2.75) is 32.9 Å². The molecule has 0 unspecified atom stereocenters. The third-order valence-corrected chi connectivity index (χ3v) is 1.92. The summed E-state index contributed by atoms with van der Waals surface area (Å²) in [5.74, 6) is 0.0232. The highest BCUT2D eigenvalue weighted by Crippen LogP contribution is 2.10. The Hall–Kier alpha value is -2.05. The summed E-state index contributed by atoms with van der Waals surface area (Å²) in [6, 6.07) is 1.29. The van der Waals surface area contributed by atoms with Crippen molar-refractivity contribution in [2.75, 3.05) is 12.8 Å². The Bertz CT molecular complexity index is 490. The number of ether oxygens (including phenoxy) is 1. The molecule has 0 aliphatic carbocycles. The summed E-state index contributed by atoms with van der Waals surface area (Å²) >= 11 is 0. The van der Waals surface area contributed by atoms with Crippen LogP contribution in [0.25, 0.3) is 0 Å². The molecule has 100 valence electrons. The number of carbonyl (C=O) groups is 1. The van der Waals surface area contributed by atoms with E-state index in [0.29, 0.717) is 5.69 Å². The fourth-order valence-corrected chi connectivity index (χ4v) is 1.26. The molecule has 0 saturated heterocycles. The highest BCUT2D eigenvalue weighted by Gasteiger charge is 2.20. The number of carbonyl (C=O) groups excluding carboxylic acids is 1. The van der Waals surface area contributed by atoms with Crippen LogP contribution < -0.4 is 11.3 Å². The van der Waals surface area contributed by atoms with E-state index < -0.39 is 11.7 Å². The number of aromatic amines is 1. The SMILES string of the molecule is CN(Cc1cc(=O)[nH]c(N)n1)C(=O)OC(C)(C)C. The molecule has 0 aromatic carbocycles. The minimum atomic E-state index is -0.564. The molecule has 0 radical (unpaired) electrons. The molecule has 0 spiro atoms. The van der Waals surface area contributed by atoms with Crippen LogP contribution in [0.15, 0.2) is 10.9 Å². The van der Waals surface area contributed by atoms with E-state index in [1.807, 2.05) is 0 Å². The van der Waals surface area contributed by atoms with Gasteiger partial charge in [-0.3, -0.25) is 9.78 Å². The number of anilines is 1. The Morgan fingerprint density at radius 3 is 2.67 bits per heavy atom. The quantitative estimate of drug-likeness (QED) is 0.809. The minimum Gasteiger partial charge on any atom is -0.444 e. The Labute approximate surface area is 105 Å². The zero-order valence-corrected chi connectivity index (χ0v) is 11.0. The van der Waals surface area contributed by atoms with Gasteiger partial charge in [0, 0.05) is 13.1 Å². The van der Waals surface area contributed by atoms with Gasteiger partial charge in [0.05, 0.1) is 12.2 Å². The molecular weight excluding hydrogens is 236 g/mol. The van der Waals surface area contributed by atoms with Crippen LogP contribution in [-0.4, -0.2) is 33.6 Å². The number of rotatable bonds is 2. The highest BCUT2D eigenvalue weighted by molar-refractivity contribution is 5.67. The van der Waals surface area contributed by atoms with E-state index in [0.717, 1.165) is 0 Å². The molecule has 0 saturated carbocycles. The number of hydrogen-bond donors (Lipinski definition) is 2. The van der Waals surface area contributed by atoms with Gasteiger partial charge in [-0.15, -0.1) is 0 Å². The van der Waals surface area contributed by atoms with Crippen LogP contribution in [-0.2, 0) is 11.3 Å². The van der Waals surface area contributed by atoms with Gasteiger partial charge >= 0.3 is 6.09 Å². The summed E-state index contributed by atoms with van der Waals surface area (Å²) in [5, 5.41) is 0. The second-order valence-electron chi connectivity index (χ2n) is 4.96. The van der Waals surface area contributed by atoms with Crippen LogP contribution >= 0.6 is 0 Å². The predicted octanol–water partition coefficient (Wildman–Crippen LogP) is 0.719. The largest absolute Gasteiger partial charge is 0.444 e. The average molecular weight is 254 g/mol. The lowest BCUT2D eigenvalue weighted by Gasteiger charge is -2.24. The highest BCUT2D eigenvalue weighted by atomic mass is 16.6. The lowest BCUT2D eigenvalue weighted by molar-refractivity contribution is 0.0283. The molecule has 7 nitrogen and oxygen atoms in total. The van der Waals surface area contributed by atoms with Gasteiger partial charge in [0.15, 0.2) is 0 Å². The number of H-pyrrole nitrogens is 1. The average Bonchev–Trinajstić information content (AvgIpc) is 2.12. The van der Waals surface area contributed by atoms with Gasteiger partial charge in [0.1, 0.15) is 5.60 Å². The first-order chi connectivity index (χ1) is 8.17. The van der Waals surface area contributed by atoms with E-state index in [4.69, 9.17) is 10.5 Å². The van der Waals surface area contributed by atoms with E-state index in [1.165, 1.54) is 11.0 Å². The molecule has 1 aromatic heterocycles. The van der Waals surface area contributed by atoms with Crippen molar-refractivity contribution in [1.29, 1.82) is 0 Å². The Kier molecular flexibility index (Phi) is 3.95. The molecule has 1 amide bonds. The first-order valence-corrected chi connectivity index (χ1v) is 5.47. The lowest BCUT2D eigenvalue weighted by atomic mass is 10.2. The first kappa shape index (κ1) is 14.0. The van der Waals surface area contributed by atoms with Crippen LogP contribution in [0.5, 0.6) is 0 Å². The molecule has 7 heteroatoms. The summed E-state index contributed by atoms with van der Waals surface area (Å²) in [4.78, 5) is 30.5. The standard InChI is InChI=1S/C11H18N4O3/c1-11(2,3)18-10(17)15(4)6-7-5-8(16)14-9(12)13-7/h5H,6H2,1-4H3,(H3,12,13,14,16). The maximum atomic E-state index is 11.7. The zero-order valence-electron chi connectivity index (χ0n) is 11.0. The predicted molar refractivity (Wildman–Crippen MR) is 67.0 cm³/mol. The van der Waals surface area contributed by atoms with Gasteiger partial charge in [0.2, 0.25) is 5.95 Å². The second kappa shape index (κ2) is 5.07. The van der Waals surface area contributed by atoms with Crippen molar-refractivity contribution >= 4 is 12.0 Å². The van der Waals surface area contributed by atoms with Crippen molar-refractivity contribution in [2.24, 2.45) is 0 Å². The summed E-state index contributed by atoms with van der Waals surface area (Å²) in [6.07, 6.45) is -0.483. The van der Waals surface area contributed by atoms with Gasteiger partial charge in [-0.25, -0.2) is 9.78 Å². The molecule has 1 rings (SSSR count). The summed E-state index contributed by atoms with van der Waals surface area (Å²) < 4.78 is 5.17. The third kappa shape index (κ3) is 4.44. The van der Waals surface area contributed by atoms with E-state index in [-0.39, 0.29) is 18.1 Å². The van der Waals surface area contributed by atoms with E-state index >= 15 is 0 Å². The summed E-state index contributed by atoms with van der Waals surface area (Å²) in [5.41, 5.74) is 4.90. The fraction of sp³-hybridized carbons (Fsp3) is 0.545. The molecule has 0 aliphatic heterocycles. The van der Waals surface area contributed by atoms with Crippen molar-refractivity contribution in [3.63, 3.8) is 0 Å². The fourth-order valence-electron chi connectivity index (χ4n) is 1.26. The third-order valence-electron chi connectivity index (χ3n) is 1.92. The van der Waals surface area contributed by atoms with Gasteiger partial charge in [-0.2, -0.15) is 0 Å². The Morgan fingerprint density at radius 1 is 1.56 bits per heavy atom. The van der Waals surface area contributed by atoms with E-state index in [9.17, 15) is 9.59 Å². The number of amides is 1. The summed E-state index contributed by atoms with van der Waals surface area (Å²) in [7, 11) is 1.56. The maximum Gasteiger partial charge on any atom is 0.410 e. The zero-order chi connectivity index (χ0) is 13.9. The number of hydrogen-bond acceptors (Lipinski definition) is 5. The minimum absolute atomic E-state index is 0.0232. The van der Waals surface area contributed by atoms with E-state index in [2.05, 4.69) is 9.97 Å². The van der Waals surface area contributed by atoms with Crippen molar-refractivity contribution in [3.05, 3.63) is 22.1 Å². The molecule has 18 heavy (non-hydrogen) atoms. The summed E-state index contributed by atoms with van der Waals surface area (Å²) in [6.45, 7) is 5.50. The number of nitrogens with zero attached hydrogens (tertiary/aromatic N) is 2. The van der Waals surface area contributed by atoms with Crippen molar-refractivity contribution in [3.8, 4) is 0 Å². The van der Waals surface area contributed by atoms with Crippen LogP contribution in [0.2, 0.25) is 0 Å². The van der Waals surface area contributed by atoms with Crippen LogP contribution in [0.4, 0.5) is 10.7 Å². The Morgan fingerprint density at radius 2 is 2.17 bits per heavy atom. The van der Waals surface area contributed by atoms with Gasteiger partial charge in [-0.05, 0) is 20.8 Å².